The van der Waals surface area contributed by atoms with Crippen LogP contribution in [0.4, 0.5) is 5.69 Å². The van der Waals surface area contributed by atoms with E-state index < -0.39 is 0 Å². The number of piperidine rings is 1. The number of rotatable bonds is 4. The topological polar surface area (TPSA) is 49.4 Å². The normalized spacial score (nSPS) is 18.6. The number of hydrogen-bond acceptors (Lipinski definition) is 2. The van der Waals surface area contributed by atoms with Crippen molar-refractivity contribution in [2.75, 3.05) is 18.4 Å². The molecule has 0 unspecified atom stereocenters. The number of anilines is 1. The molecule has 0 aromatic heterocycles. The van der Waals surface area contributed by atoms with Crippen LogP contribution in [0, 0.1) is 5.92 Å². The van der Waals surface area contributed by atoms with Crippen LogP contribution in [0.15, 0.2) is 84.9 Å². The van der Waals surface area contributed by atoms with E-state index in [0.29, 0.717) is 30.1 Å². The Labute approximate surface area is 181 Å². The van der Waals surface area contributed by atoms with Crippen molar-refractivity contribution in [2.45, 2.75) is 12.3 Å². The second-order valence-corrected chi connectivity index (χ2v) is 8.05. The lowest BCUT2D eigenvalue weighted by Crippen LogP contribution is -2.46. The summed E-state index contributed by atoms with van der Waals surface area (Å²) in [5.74, 6) is -0.330. The third-order valence-corrected chi connectivity index (χ3v) is 5.76. The van der Waals surface area contributed by atoms with Gasteiger partial charge in [0.15, 0.2) is 0 Å². The highest BCUT2D eigenvalue weighted by atomic mass is 35.5. The molecule has 2 atom stereocenters. The van der Waals surface area contributed by atoms with Crippen LogP contribution < -0.4 is 5.32 Å². The molecule has 1 aliphatic rings. The van der Waals surface area contributed by atoms with E-state index in [1.165, 1.54) is 0 Å². The van der Waals surface area contributed by atoms with Gasteiger partial charge in [0.2, 0.25) is 5.91 Å². The quantitative estimate of drug-likeness (QED) is 0.631. The summed E-state index contributed by atoms with van der Waals surface area (Å²) in [7, 11) is 0. The van der Waals surface area contributed by atoms with Crippen LogP contribution >= 0.6 is 11.6 Å². The molecule has 30 heavy (non-hydrogen) atoms. The highest BCUT2D eigenvalue weighted by Crippen LogP contribution is 2.32. The second kappa shape index (κ2) is 9.14. The second-order valence-electron chi connectivity index (χ2n) is 7.61. The van der Waals surface area contributed by atoms with Crippen molar-refractivity contribution in [3.8, 4) is 0 Å². The molecule has 0 radical (unpaired) electrons. The number of likely N-dealkylation sites (tertiary alicyclic amines) is 1. The number of nitrogens with one attached hydrogen (secondary N) is 1. The van der Waals surface area contributed by atoms with Gasteiger partial charge >= 0.3 is 0 Å². The molecule has 0 saturated carbocycles. The van der Waals surface area contributed by atoms with Crippen molar-refractivity contribution in [1.29, 1.82) is 0 Å². The van der Waals surface area contributed by atoms with Gasteiger partial charge in [0.1, 0.15) is 0 Å². The lowest BCUT2D eigenvalue weighted by Gasteiger charge is -2.37. The van der Waals surface area contributed by atoms with E-state index in [9.17, 15) is 9.59 Å². The van der Waals surface area contributed by atoms with Crippen LogP contribution in [-0.4, -0.2) is 29.8 Å². The minimum Gasteiger partial charge on any atom is -0.337 e. The number of halogens is 1. The Kier molecular flexibility index (Phi) is 6.15. The Morgan fingerprint density at radius 1 is 0.833 bits per heavy atom. The molecule has 5 heteroatoms. The maximum Gasteiger partial charge on any atom is 0.253 e. The number of para-hydroxylation sites is 1. The SMILES string of the molecule is O=C(Nc1ccccc1)[C@H]1C[C@@H](c2ccccc2)CN(C(=O)c2ccc(Cl)cc2)C1. The van der Waals surface area contributed by atoms with E-state index in [4.69, 9.17) is 11.6 Å². The predicted molar refractivity (Wildman–Crippen MR) is 120 cm³/mol. The lowest BCUT2D eigenvalue weighted by atomic mass is 9.83. The molecule has 1 saturated heterocycles. The first-order chi connectivity index (χ1) is 14.6. The van der Waals surface area contributed by atoms with Crippen LogP contribution in [0.1, 0.15) is 28.3 Å². The van der Waals surface area contributed by atoms with E-state index in [2.05, 4.69) is 17.4 Å². The lowest BCUT2D eigenvalue weighted by molar-refractivity contribution is -0.121. The number of amides is 2. The van der Waals surface area contributed by atoms with E-state index in [1.54, 1.807) is 29.2 Å². The molecule has 0 bridgehead atoms. The highest BCUT2D eigenvalue weighted by Gasteiger charge is 2.34. The Morgan fingerprint density at radius 3 is 2.13 bits per heavy atom. The first-order valence-corrected chi connectivity index (χ1v) is 10.4. The predicted octanol–water partition coefficient (Wildman–Crippen LogP) is 5.22. The minimum atomic E-state index is -0.291. The third-order valence-electron chi connectivity index (χ3n) is 5.51. The molecule has 2 amide bonds. The summed E-state index contributed by atoms with van der Waals surface area (Å²) in [5, 5.41) is 3.59. The monoisotopic (exact) mass is 418 g/mol. The summed E-state index contributed by atoms with van der Waals surface area (Å²) >= 11 is 5.97. The molecule has 4 rings (SSSR count). The summed E-state index contributed by atoms with van der Waals surface area (Å²) in [6.07, 6.45) is 0.701. The van der Waals surface area contributed by atoms with E-state index in [-0.39, 0.29) is 23.7 Å². The van der Waals surface area contributed by atoms with Gasteiger partial charge in [0.05, 0.1) is 5.92 Å². The molecule has 3 aromatic rings. The first kappa shape index (κ1) is 20.2. The zero-order valence-electron chi connectivity index (χ0n) is 16.5. The van der Waals surface area contributed by atoms with Crippen LogP contribution in [0.3, 0.4) is 0 Å². The van der Waals surface area contributed by atoms with Crippen LogP contribution in [-0.2, 0) is 4.79 Å². The van der Waals surface area contributed by atoms with Crippen molar-refractivity contribution in [2.24, 2.45) is 5.92 Å². The van der Waals surface area contributed by atoms with Gasteiger partial charge in [-0.15, -0.1) is 0 Å². The number of benzene rings is 3. The fourth-order valence-corrected chi connectivity index (χ4v) is 4.09. The molecule has 0 spiro atoms. The van der Waals surface area contributed by atoms with Crippen LogP contribution in [0.5, 0.6) is 0 Å². The molecule has 3 aromatic carbocycles. The average Bonchev–Trinajstić information content (AvgIpc) is 2.80. The van der Waals surface area contributed by atoms with Crippen molar-refractivity contribution in [3.63, 3.8) is 0 Å². The number of carbonyl (C=O) groups is 2. The molecule has 0 aliphatic carbocycles. The van der Waals surface area contributed by atoms with E-state index in [0.717, 1.165) is 11.3 Å². The van der Waals surface area contributed by atoms with Gasteiger partial charge in [-0.2, -0.15) is 0 Å². The molecule has 1 fully saturated rings. The average molecular weight is 419 g/mol. The van der Waals surface area contributed by atoms with Gasteiger partial charge in [-0.1, -0.05) is 60.1 Å². The van der Waals surface area contributed by atoms with Gasteiger partial charge in [0.25, 0.3) is 5.91 Å². The Morgan fingerprint density at radius 2 is 1.47 bits per heavy atom. The van der Waals surface area contributed by atoms with Gasteiger partial charge in [-0.3, -0.25) is 9.59 Å². The van der Waals surface area contributed by atoms with Gasteiger partial charge in [0, 0.05) is 35.3 Å². The van der Waals surface area contributed by atoms with Crippen LogP contribution in [0.2, 0.25) is 5.02 Å². The summed E-state index contributed by atoms with van der Waals surface area (Å²) < 4.78 is 0. The standard InChI is InChI=1S/C25H23ClN2O2/c26-22-13-11-19(12-14-22)25(30)28-16-20(18-7-3-1-4-8-18)15-21(17-28)24(29)27-23-9-5-2-6-10-23/h1-14,20-21H,15-17H2,(H,27,29)/t20-,21+/m1/s1. The Balaban J connectivity index is 1.57. The maximum atomic E-state index is 13.2. The van der Waals surface area contributed by atoms with Gasteiger partial charge in [-0.05, 0) is 48.4 Å². The smallest absolute Gasteiger partial charge is 0.253 e. The van der Waals surface area contributed by atoms with Crippen molar-refractivity contribution in [3.05, 3.63) is 101 Å². The van der Waals surface area contributed by atoms with Gasteiger partial charge in [-0.25, -0.2) is 0 Å². The number of nitrogens with zero attached hydrogens (tertiary/aromatic N) is 1. The molecular weight excluding hydrogens is 396 g/mol. The molecule has 1 heterocycles. The molecular formula is C25H23ClN2O2. The van der Waals surface area contributed by atoms with Crippen molar-refractivity contribution < 1.29 is 9.59 Å². The Hall–Kier alpha value is -3.11. The highest BCUT2D eigenvalue weighted by molar-refractivity contribution is 6.30. The fraction of sp³-hybridized carbons (Fsp3) is 0.200. The number of hydrogen-bond donors (Lipinski definition) is 1. The third kappa shape index (κ3) is 4.71. The summed E-state index contributed by atoms with van der Waals surface area (Å²) in [6, 6.07) is 26.4. The first-order valence-electron chi connectivity index (χ1n) is 10.1. The van der Waals surface area contributed by atoms with Crippen LogP contribution in [0.25, 0.3) is 0 Å². The number of carbonyl (C=O) groups excluding carboxylic acids is 2. The summed E-state index contributed by atoms with van der Waals surface area (Å²) in [5.41, 5.74) is 2.49. The zero-order chi connectivity index (χ0) is 20.9. The van der Waals surface area contributed by atoms with E-state index >= 15 is 0 Å². The summed E-state index contributed by atoms with van der Waals surface area (Å²) in [4.78, 5) is 28.0. The molecule has 152 valence electrons. The largest absolute Gasteiger partial charge is 0.337 e. The van der Waals surface area contributed by atoms with Gasteiger partial charge < -0.3 is 10.2 Å². The minimum absolute atomic E-state index is 0.0595. The molecule has 1 N–H and O–H groups in total. The zero-order valence-corrected chi connectivity index (χ0v) is 17.3. The molecule has 1 aliphatic heterocycles. The Bertz CT molecular complexity index is 1010. The van der Waals surface area contributed by atoms with E-state index in [1.807, 2.05) is 48.5 Å². The molecule has 4 nitrogen and oxygen atoms in total. The van der Waals surface area contributed by atoms with Crippen molar-refractivity contribution in [1.82, 2.24) is 4.90 Å². The maximum absolute atomic E-state index is 13.2. The fourth-order valence-electron chi connectivity index (χ4n) is 3.96. The van der Waals surface area contributed by atoms with Crippen molar-refractivity contribution >= 4 is 29.1 Å². The summed E-state index contributed by atoms with van der Waals surface area (Å²) in [6.45, 7) is 0.976.